The monoisotopic (exact) mass is 305 g/mol. The van der Waals surface area contributed by atoms with Crippen LogP contribution in [0.1, 0.15) is 13.8 Å². The van der Waals surface area contributed by atoms with E-state index in [0.29, 0.717) is 0 Å². The van der Waals surface area contributed by atoms with Crippen molar-refractivity contribution in [2.75, 3.05) is 6.61 Å². The molecule has 0 aliphatic heterocycles. The van der Waals surface area contributed by atoms with Crippen molar-refractivity contribution in [3.05, 3.63) is 30.3 Å². The Morgan fingerprint density at radius 3 is 2.37 bits per heavy atom. The van der Waals surface area contributed by atoms with Gasteiger partial charge in [-0.05, 0) is 23.6 Å². The van der Waals surface area contributed by atoms with Gasteiger partial charge in [-0.3, -0.25) is 4.79 Å². The lowest BCUT2D eigenvalue weighted by atomic mass is 10.4. The second kappa shape index (κ2) is 6.75. The number of hydrogen-bond acceptors (Lipinski definition) is 6. The topological polar surface area (TPSA) is 86.7 Å². The van der Waals surface area contributed by atoms with E-state index >= 15 is 0 Å². The first-order chi connectivity index (χ1) is 8.89. The minimum Gasteiger partial charge on any atom is -0.401 e. The third kappa shape index (κ3) is 4.09. The van der Waals surface area contributed by atoms with Gasteiger partial charge >= 0.3 is 19.2 Å². The van der Waals surface area contributed by atoms with Gasteiger partial charge in [0.15, 0.2) is 0 Å². The lowest BCUT2D eigenvalue weighted by molar-refractivity contribution is -0.140. The molecule has 1 aromatic carbocycles. The second-order valence-electron chi connectivity index (χ2n) is 3.48. The van der Waals surface area contributed by atoms with E-state index in [1.807, 2.05) is 0 Å². The first kappa shape index (κ1) is 15.8. The van der Waals surface area contributed by atoms with Gasteiger partial charge in [0.2, 0.25) is 0 Å². The van der Waals surface area contributed by atoms with Crippen LogP contribution in [0.2, 0.25) is 0 Å². The minimum absolute atomic E-state index is 0.0529. The maximum atomic E-state index is 12.2. The summed E-state index contributed by atoms with van der Waals surface area (Å²) >= 11 is 0. The highest BCUT2D eigenvalue weighted by molar-refractivity contribution is 7.96. The molecule has 19 heavy (non-hydrogen) atoms. The molecule has 0 saturated heterocycles. The van der Waals surface area contributed by atoms with Crippen LogP contribution in [0.3, 0.4) is 0 Å². The Balaban J connectivity index is 3.16. The molecule has 0 saturated carbocycles. The number of ether oxygens (including phenoxy) is 1. The van der Waals surface area contributed by atoms with Crippen molar-refractivity contribution in [3.63, 3.8) is 0 Å². The summed E-state index contributed by atoms with van der Waals surface area (Å²) in [6.07, 6.45) is 0. The molecule has 0 amide bonds. The van der Waals surface area contributed by atoms with E-state index in [9.17, 15) is 17.8 Å². The molecule has 0 aromatic heterocycles. The molecule has 1 rings (SSSR count). The van der Waals surface area contributed by atoms with Crippen LogP contribution in [0.5, 0.6) is 0 Å². The summed E-state index contributed by atoms with van der Waals surface area (Å²) in [7, 11) is -6.74. The third-order valence-electron chi connectivity index (χ3n) is 2.03. The molecule has 2 unspecified atom stereocenters. The van der Waals surface area contributed by atoms with E-state index in [-0.39, 0.29) is 11.5 Å². The molecular formula is C11H14O6PS+. The Morgan fingerprint density at radius 1 is 1.32 bits per heavy atom. The third-order valence-corrected chi connectivity index (χ3v) is 5.90. The van der Waals surface area contributed by atoms with Gasteiger partial charge in [0, 0.05) is 6.92 Å². The average molecular weight is 305 g/mol. The minimum atomic E-state index is -4.07. The van der Waals surface area contributed by atoms with E-state index in [2.05, 4.69) is 4.74 Å². The van der Waals surface area contributed by atoms with Crippen molar-refractivity contribution < 1.29 is 27.0 Å². The fraction of sp³-hybridized carbons (Fsp3) is 0.364. The number of hydrogen-bond donors (Lipinski definition) is 0. The summed E-state index contributed by atoms with van der Waals surface area (Å²) < 4.78 is 45.7. The zero-order valence-electron chi connectivity index (χ0n) is 10.5. The summed E-state index contributed by atoms with van der Waals surface area (Å²) in [5.41, 5.74) is 0. The second-order valence-corrected chi connectivity index (χ2v) is 7.11. The molecule has 0 fully saturated rings. The molecular weight excluding hydrogens is 291 g/mol. The molecule has 0 bridgehead atoms. The van der Waals surface area contributed by atoms with Crippen LogP contribution in [0.4, 0.5) is 0 Å². The summed E-state index contributed by atoms with van der Waals surface area (Å²) in [6.45, 7) is 2.66. The van der Waals surface area contributed by atoms with Crippen LogP contribution < -0.4 is 0 Å². The number of benzene rings is 1. The molecule has 1 aromatic rings. The van der Waals surface area contributed by atoms with Crippen LogP contribution in [0.25, 0.3) is 0 Å². The van der Waals surface area contributed by atoms with Gasteiger partial charge < -0.3 is 4.74 Å². The number of esters is 1. The van der Waals surface area contributed by atoms with Crippen molar-refractivity contribution in [2.24, 2.45) is 0 Å². The van der Waals surface area contributed by atoms with Gasteiger partial charge in [-0.1, -0.05) is 18.2 Å². The molecule has 0 aliphatic rings. The molecule has 8 heteroatoms. The van der Waals surface area contributed by atoms with Crippen LogP contribution in [0.15, 0.2) is 35.2 Å². The normalized spacial score (nSPS) is 13.7. The van der Waals surface area contributed by atoms with E-state index in [1.54, 1.807) is 13.0 Å². The number of sulfone groups is 1. The first-order valence-electron chi connectivity index (χ1n) is 5.45. The Hall–Kier alpha value is -1.30. The molecule has 0 heterocycles. The van der Waals surface area contributed by atoms with E-state index in [1.165, 1.54) is 24.3 Å². The van der Waals surface area contributed by atoms with Crippen molar-refractivity contribution in [2.45, 2.75) is 23.9 Å². The summed E-state index contributed by atoms with van der Waals surface area (Å²) in [4.78, 5) is 10.9. The highest BCUT2D eigenvalue weighted by atomic mass is 32.2. The first-order valence-corrected chi connectivity index (χ1v) is 8.24. The number of carbonyl (C=O) groups is 1. The Morgan fingerprint density at radius 2 is 1.89 bits per heavy atom. The Kier molecular flexibility index (Phi) is 5.60. The zero-order chi connectivity index (χ0) is 14.5. The summed E-state index contributed by atoms with van der Waals surface area (Å²) in [5.74, 6) is -0.840. The quantitative estimate of drug-likeness (QED) is 0.591. The van der Waals surface area contributed by atoms with Crippen molar-refractivity contribution in [1.29, 1.82) is 0 Å². The molecule has 0 aliphatic carbocycles. The van der Waals surface area contributed by atoms with Gasteiger partial charge in [0.1, 0.15) is 0 Å². The Labute approximate surface area is 112 Å². The molecule has 6 nitrogen and oxygen atoms in total. The van der Waals surface area contributed by atoms with Crippen LogP contribution in [0, 0.1) is 0 Å². The molecule has 0 N–H and O–H groups in total. The fourth-order valence-corrected chi connectivity index (χ4v) is 4.37. The van der Waals surface area contributed by atoms with Crippen LogP contribution in [-0.2, 0) is 28.5 Å². The van der Waals surface area contributed by atoms with Gasteiger partial charge in [-0.15, -0.1) is 4.52 Å². The highest BCUT2D eigenvalue weighted by Crippen LogP contribution is 2.37. The average Bonchev–Trinajstić information content (AvgIpc) is 2.37. The van der Waals surface area contributed by atoms with E-state index in [4.69, 9.17) is 4.52 Å². The number of rotatable bonds is 6. The van der Waals surface area contributed by atoms with Crippen molar-refractivity contribution in [1.82, 2.24) is 0 Å². The largest absolute Gasteiger partial charge is 0.571 e. The van der Waals surface area contributed by atoms with Crippen LogP contribution >= 0.6 is 8.03 Å². The summed E-state index contributed by atoms with van der Waals surface area (Å²) in [6, 6.07) is 7.35. The maximum Gasteiger partial charge on any atom is 0.571 e. The Bertz CT molecular complexity index is 554. The maximum absolute atomic E-state index is 12.2. The molecule has 2 atom stereocenters. The van der Waals surface area contributed by atoms with E-state index < -0.39 is 29.0 Å². The molecule has 104 valence electrons. The van der Waals surface area contributed by atoms with Crippen molar-refractivity contribution >= 4 is 23.8 Å². The van der Waals surface area contributed by atoms with Crippen LogP contribution in [-0.4, -0.2) is 26.2 Å². The smallest absolute Gasteiger partial charge is 0.401 e. The van der Waals surface area contributed by atoms with Gasteiger partial charge in [-0.2, -0.15) is 0 Å². The van der Waals surface area contributed by atoms with Crippen molar-refractivity contribution in [3.8, 4) is 0 Å². The molecule has 0 radical (unpaired) electrons. The standard InChI is InChI=1S/C11H14O6PS/c1-3-16-18(13)11(17-9(2)12)19(14,15)10-7-5-4-6-8-10/h4-8,11H,3H2,1-2H3/q+1. The SMILES string of the molecule is CCO[P+](=O)C(OC(C)=O)S(=O)(=O)c1ccccc1. The molecule has 0 spiro atoms. The van der Waals surface area contributed by atoms with E-state index in [0.717, 1.165) is 6.92 Å². The van der Waals surface area contributed by atoms with Gasteiger partial charge in [-0.25, -0.2) is 8.42 Å². The lowest BCUT2D eigenvalue weighted by Crippen LogP contribution is -2.24. The zero-order valence-corrected chi connectivity index (χ0v) is 12.2. The predicted octanol–water partition coefficient (Wildman–Crippen LogP) is 2.09. The number of carbonyl (C=O) groups excluding carboxylic acids is 1. The highest BCUT2D eigenvalue weighted by Gasteiger charge is 2.48. The predicted molar refractivity (Wildman–Crippen MR) is 68.4 cm³/mol. The summed E-state index contributed by atoms with van der Waals surface area (Å²) in [5, 5.41) is -1.83. The lowest BCUT2D eigenvalue weighted by Gasteiger charge is -2.08. The van der Waals surface area contributed by atoms with Gasteiger partial charge in [0.25, 0.3) is 9.84 Å². The van der Waals surface area contributed by atoms with Gasteiger partial charge in [0.05, 0.1) is 11.5 Å². The fourth-order valence-electron chi connectivity index (χ4n) is 1.28.